The van der Waals surface area contributed by atoms with Crippen LogP contribution in [0.25, 0.3) is 0 Å². The first-order valence-electron chi connectivity index (χ1n) is 7.55. The van der Waals surface area contributed by atoms with Gasteiger partial charge in [0.2, 0.25) is 0 Å². The molecule has 2 heteroatoms. The molecule has 0 aromatic rings. The largest absolute Gasteiger partial charge is 0.374 e. The van der Waals surface area contributed by atoms with Crippen LogP contribution in [-0.2, 0) is 4.74 Å². The molecule has 0 radical (unpaired) electrons. The fourth-order valence-corrected chi connectivity index (χ4v) is 2.13. The van der Waals surface area contributed by atoms with Crippen molar-refractivity contribution in [2.45, 2.75) is 86.8 Å². The molecule has 0 aromatic carbocycles. The van der Waals surface area contributed by atoms with Gasteiger partial charge in [-0.3, -0.25) is 0 Å². The van der Waals surface area contributed by atoms with E-state index in [2.05, 4.69) is 74.6 Å². The third kappa shape index (κ3) is 7.94. The molecule has 0 unspecified atom stereocenters. The van der Waals surface area contributed by atoms with Crippen LogP contribution >= 0.6 is 0 Å². The first-order chi connectivity index (χ1) is 8.16. The summed E-state index contributed by atoms with van der Waals surface area (Å²) >= 11 is 0. The van der Waals surface area contributed by atoms with Gasteiger partial charge in [0.05, 0.1) is 12.2 Å². The van der Waals surface area contributed by atoms with E-state index in [4.69, 9.17) is 4.74 Å². The lowest BCUT2D eigenvalue weighted by atomic mass is 9.64. The lowest BCUT2D eigenvalue weighted by molar-refractivity contribution is -0.0657. The highest BCUT2D eigenvalue weighted by Crippen LogP contribution is 2.44. The van der Waals surface area contributed by atoms with Gasteiger partial charge in [0, 0.05) is 12.1 Å². The summed E-state index contributed by atoms with van der Waals surface area (Å²) in [5.74, 6) is 0. The second-order valence-corrected chi connectivity index (χ2v) is 9.10. The van der Waals surface area contributed by atoms with E-state index in [1.807, 2.05) is 0 Å². The standard InChI is InChI=1S/C17H37NO/c1-14(2,3)16(7,8)13-17(9,10)19-12-11-18-15(4,5)6/h18H,11-13H2,1-10H3. The Labute approximate surface area is 121 Å². The van der Waals surface area contributed by atoms with Crippen molar-refractivity contribution in [1.29, 1.82) is 0 Å². The van der Waals surface area contributed by atoms with Crippen molar-refractivity contribution in [3.05, 3.63) is 0 Å². The maximum atomic E-state index is 6.09. The average molecular weight is 271 g/mol. The molecule has 0 bridgehead atoms. The van der Waals surface area contributed by atoms with Crippen LogP contribution in [0.3, 0.4) is 0 Å². The molecular weight excluding hydrogens is 234 g/mol. The van der Waals surface area contributed by atoms with E-state index in [1.165, 1.54) is 0 Å². The van der Waals surface area contributed by atoms with Crippen LogP contribution in [-0.4, -0.2) is 24.3 Å². The molecule has 0 aliphatic rings. The zero-order valence-electron chi connectivity index (χ0n) is 15.0. The van der Waals surface area contributed by atoms with Crippen LogP contribution in [0.1, 0.15) is 75.7 Å². The molecule has 0 saturated carbocycles. The number of ether oxygens (including phenoxy) is 1. The minimum atomic E-state index is -0.0731. The van der Waals surface area contributed by atoms with Gasteiger partial charge in [0.15, 0.2) is 0 Å². The van der Waals surface area contributed by atoms with Crippen LogP contribution in [0.5, 0.6) is 0 Å². The highest BCUT2D eigenvalue weighted by molar-refractivity contribution is 4.88. The Bertz CT molecular complexity index is 266. The first-order valence-corrected chi connectivity index (χ1v) is 7.55. The topological polar surface area (TPSA) is 21.3 Å². The maximum absolute atomic E-state index is 6.09. The Balaban J connectivity index is 4.27. The van der Waals surface area contributed by atoms with Gasteiger partial charge in [-0.1, -0.05) is 34.6 Å². The van der Waals surface area contributed by atoms with Gasteiger partial charge >= 0.3 is 0 Å². The van der Waals surface area contributed by atoms with E-state index in [0.717, 1.165) is 19.6 Å². The molecule has 0 spiro atoms. The highest BCUT2D eigenvalue weighted by atomic mass is 16.5. The summed E-state index contributed by atoms with van der Waals surface area (Å²) in [5, 5.41) is 3.46. The molecule has 0 aliphatic heterocycles. The summed E-state index contributed by atoms with van der Waals surface area (Å²) in [6.45, 7) is 24.2. The molecule has 0 rings (SSSR count). The van der Waals surface area contributed by atoms with Gasteiger partial charge in [0.25, 0.3) is 0 Å². The Hall–Kier alpha value is -0.0800. The minimum absolute atomic E-state index is 0.0731. The Morgan fingerprint density at radius 1 is 0.789 bits per heavy atom. The Morgan fingerprint density at radius 2 is 1.26 bits per heavy atom. The van der Waals surface area contributed by atoms with Crippen molar-refractivity contribution in [2.75, 3.05) is 13.2 Å². The third-order valence-electron chi connectivity index (χ3n) is 4.15. The van der Waals surface area contributed by atoms with E-state index >= 15 is 0 Å². The monoisotopic (exact) mass is 271 g/mol. The van der Waals surface area contributed by atoms with Gasteiger partial charge in [-0.15, -0.1) is 0 Å². The number of hydrogen-bond donors (Lipinski definition) is 1. The zero-order chi connectivity index (χ0) is 15.5. The molecule has 2 nitrogen and oxygen atoms in total. The molecular formula is C17H37NO. The molecule has 0 fully saturated rings. The van der Waals surface area contributed by atoms with Gasteiger partial charge in [-0.05, 0) is 51.9 Å². The van der Waals surface area contributed by atoms with Crippen molar-refractivity contribution in [2.24, 2.45) is 10.8 Å². The molecule has 116 valence electrons. The van der Waals surface area contributed by atoms with Crippen LogP contribution in [0.2, 0.25) is 0 Å². The summed E-state index contributed by atoms with van der Waals surface area (Å²) in [7, 11) is 0. The van der Waals surface area contributed by atoms with Gasteiger partial charge in [0.1, 0.15) is 0 Å². The summed E-state index contributed by atoms with van der Waals surface area (Å²) in [5.41, 5.74) is 0.639. The predicted molar refractivity (Wildman–Crippen MR) is 85.6 cm³/mol. The second kappa shape index (κ2) is 6.13. The van der Waals surface area contributed by atoms with Crippen molar-refractivity contribution in [3.8, 4) is 0 Å². The predicted octanol–water partition coefficient (Wildman–Crippen LogP) is 4.63. The molecule has 0 aromatic heterocycles. The lowest BCUT2D eigenvalue weighted by Crippen LogP contribution is -2.42. The normalized spacial score (nSPS) is 14.8. The fourth-order valence-electron chi connectivity index (χ4n) is 2.13. The number of nitrogens with one attached hydrogen (secondary N) is 1. The van der Waals surface area contributed by atoms with E-state index < -0.39 is 0 Å². The summed E-state index contributed by atoms with van der Waals surface area (Å²) in [6, 6.07) is 0. The Kier molecular flexibility index (Phi) is 6.11. The summed E-state index contributed by atoms with van der Waals surface area (Å²) < 4.78 is 6.09. The van der Waals surface area contributed by atoms with E-state index in [9.17, 15) is 0 Å². The highest BCUT2D eigenvalue weighted by Gasteiger charge is 2.38. The number of hydrogen-bond acceptors (Lipinski definition) is 2. The van der Waals surface area contributed by atoms with Crippen LogP contribution in [0.4, 0.5) is 0 Å². The van der Waals surface area contributed by atoms with Crippen LogP contribution in [0.15, 0.2) is 0 Å². The molecule has 0 amide bonds. The smallest absolute Gasteiger partial charge is 0.0632 e. The lowest BCUT2D eigenvalue weighted by Gasteiger charge is -2.44. The average Bonchev–Trinajstić information content (AvgIpc) is 2.07. The summed E-state index contributed by atoms with van der Waals surface area (Å²) in [4.78, 5) is 0. The molecule has 19 heavy (non-hydrogen) atoms. The third-order valence-corrected chi connectivity index (χ3v) is 4.15. The van der Waals surface area contributed by atoms with Crippen LogP contribution < -0.4 is 5.32 Å². The van der Waals surface area contributed by atoms with Crippen molar-refractivity contribution in [1.82, 2.24) is 5.32 Å². The molecule has 0 saturated heterocycles. The molecule has 0 heterocycles. The minimum Gasteiger partial charge on any atom is -0.374 e. The van der Waals surface area contributed by atoms with Gasteiger partial charge < -0.3 is 10.1 Å². The second-order valence-electron chi connectivity index (χ2n) is 9.10. The quantitative estimate of drug-likeness (QED) is 0.711. The maximum Gasteiger partial charge on any atom is 0.0632 e. The molecule has 0 atom stereocenters. The van der Waals surface area contributed by atoms with E-state index in [1.54, 1.807) is 0 Å². The molecule has 0 aliphatic carbocycles. The van der Waals surface area contributed by atoms with Crippen molar-refractivity contribution < 1.29 is 4.74 Å². The van der Waals surface area contributed by atoms with Gasteiger partial charge in [-0.25, -0.2) is 0 Å². The zero-order valence-corrected chi connectivity index (χ0v) is 15.0. The van der Waals surface area contributed by atoms with Gasteiger partial charge in [-0.2, -0.15) is 0 Å². The van der Waals surface area contributed by atoms with Crippen molar-refractivity contribution in [3.63, 3.8) is 0 Å². The Morgan fingerprint density at radius 3 is 1.63 bits per heavy atom. The number of rotatable bonds is 6. The van der Waals surface area contributed by atoms with E-state index in [-0.39, 0.29) is 22.0 Å². The SMILES string of the molecule is CC(C)(C)NCCOC(C)(C)CC(C)(C)C(C)(C)C. The fraction of sp³-hybridized carbons (Fsp3) is 1.00. The van der Waals surface area contributed by atoms with Crippen LogP contribution in [0, 0.1) is 10.8 Å². The summed E-state index contributed by atoms with van der Waals surface area (Å²) in [6.07, 6.45) is 1.07. The van der Waals surface area contributed by atoms with Crippen molar-refractivity contribution >= 4 is 0 Å². The first kappa shape index (κ1) is 18.9. The van der Waals surface area contributed by atoms with E-state index in [0.29, 0.717) is 0 Å². The molecule has 1 N–H and O–H groups in total.